The van der Waals surface area contributed by atoms with Gasteiger partial charge >= 0.3 is 0 Å². The third kappa shape index (κ3) is 4.27. The van der Waals surface area contributed by atoms with Crippen molar-refractivity contribution in [3.05, 3.63) is 70.5 Å². The zero-order valence-electron chi connectivity index (χ0n) is 17.8. The highest BCUT2D eigenvalue weighted by atomic mass is 16.6. The first-order valence-corrected chi connectivity index (χ1v) is 9.94. The maximum Gasteiger partial charge on any atom is 0.293 e. The van der Waals surface area contributed by atoms with Gasteiger partial charge in [0.25, 0.3) is 5.69 Å². The number of fused-ring (bicyclic) bond motifs is 1. The minimum Gasteiger partial charge on any atom is -0.497 e. The van der Waals surface area contributed by atoms with E-state index >= 15 is 0 Å². The smallest absolute Gasteiger partial charge is 0.293 e. The van der Waals surface area contributed by atoms with Crippen LogP contribution in [0, 0.1) is 17.0 Å². The summed E-state index contributed by atoms with van der Waals surface area (Å²) in [5, 5.41) is 15.0. The van der Waals surface area contributed by atoms with E-state index in [0.29, 0.717) is 35.0 Å². The minimum absolute atomic E-state index is 0.0415. The van der Waals surface area contributed by atoms with Gasteiger partial charge in [0.15, 0.2) is 5.65 Å². The van der Waals surface area contributed by atoms with E-state index in [4.69, 9.17) is 9.47 Å². The van der Waals surface area contributed by atoms with Crippen LogP contribution in [0.3, 0.4) is 0 Å². The SMILES string of the molecule is CCOc1cc(OC)cc(-c2cnc3nc(Nc4c(C)cccc4[N+](=O)[O-])ncc3c2)c1. The molecule has 0 saturated heterocycles. The number of rotatable bonds is 7. The minimum atomic E-state index is -0.439. The Morgan fingerprint density at radius 2 is 1.88 bits per heavy atom. The van der Waals surface area contributed by atoms with Crippen molar-refractivity contribution in [3.8, 4) is 22.6 Å². The summed E-state index contributed by atoms with van der Waals surface area (Å²) in [6.45, 7) is 4.25. The molecule has 0 bridgehead atoms. The molecule has 0 aliphatic rings. The molecule has 9 nitrogen and oxygen atoms in total. The first-order valence-electron chi connectivity index (χ1n) is 9.94. The number of nitro benzene ring substituents is 1. The van der Waals surface area contributed by atoms with Crippen LogP contribution in [0.4, 0.5) is 17.3 Å². The maximum absolute atomic E-state index is 11.4. The first-order chi connectivity index (χ1) is 15.5. The Morgan fingerprint density at radius 3 is 2.62 bits per heavy atom. The number of methoxy groups -OCH3 is 1. The Balaban J connectivity index is 1.69. The van der Waals surface area contributed by atoms with Crippen molar-refractivity contribution in [1.29, 1.82) is 0 Å². The van der Waals surface area contributed by atoms with Crippen LogP contribution in [0.5, 0.6) is 11.5 Å². The molecule has 9 heteroatoms. The molecule has 162 valence electrons. The van der Waals surface area contributed by atoms with Crippen molar-refractivity contribution >= 4 is 28.4 Å². The average molecular weight is 431 g/mol. The number of pyridine rings is 1. The first kappa shape index (κ1) is 21.0. The number of hydrogen-bond acceptors (Lipinski definition) is 8. The van der Waals surface area contributed by atoms with Gasteiger partial charge in [0.2, 0.25) is 5.95 Å². The van der Waals surface area contributed by atoms with Crippen molar-refractivity contribution in [2.75, 3.05) is 19.0 Å². The molecule has 0 saturated carbocycles. The Bertz CT molecular complexity index is 1310. The zero-order valence-corrected chi connectivity index (χ0v) is 17.8. The number of benzene rings is 2. The van der Waals surface area contributed by atoms with Crippen LogP contribution in [0.2, 0.25) is 0 Å². The van der Waals surface area contributed by atoms with Gasteiger partial charge in [-0.25, -0.2) is 9.97 Å². The summed E-state index contributed by atoms with van der Waals surface area (Å²) >= 11 is 0. The molecule has 1 N–H and O–H groups in total. The lowest BCUT2D eigenvalue weighted by Crippen LogP contribution is -2.03. The van der Waals surface area contributed by atoms with Gasteiger partial charge in [0.05, 0.1) is 18.6 Å². The lowest BCUT2D eigenvalue weighted by molar-refractivity contribution is -0.384. The molecular formula is C23H21N5O4. The molecule has 32 heavy (non-hydrogen) atoms. The molecule has 2 aromatic carbocycles. The Hall–Kier alpha value is -4.27. The summed E-state index contributed by atoms with van der Waals surface area (Å²) in [4.78, 5) is 24.1. The fourth-order valence-electron chi connectivity index (χ4n) is 3.33. The number of nitrogens with zero attached hydrogens (tertiary/aromatic N) is 4. The van der Waals surface area contributed by atoms with Crippen molar-refractivity contribution < 1.29 is 14.4 Å². The molecule has 0 amide bonds. The van der Waals surface area contributed by atoms with E-state index in [-0.39, 0.29) is 11.6 Å². The topological polar surface area (TPSA) is 112 Å². The molecule has 0 aliphatic heterocycles. The van der Waals surface area contributed by atoms with Gasteiger partial charge < -0.3 is 14.8 Å². The van der Waals surface area contributed by atoms with E-state index in [0.717, 1.165) is 16.5 Å². The number of aryl methyl sites for hydroxylation is 1. The van der Waals surface area contributed by atoms with Gasteiger partial charge in [-0.15, -0.1) is 0 Å². The normalized spacial score (nSPS) is 10.7. The number of anilines is 2. The molecular weight excluding hydrogens is 410 g/mol. The van der Waals surface area contributed by atoms with Crippen molar-refractivity contribution in [2.45, 2.75) is 13.8 Å². The number of hydrogen-bond donors (Lipinski definition) is 1. The van der Waals surface area contributed by atoms with Crippen LogP contribution >= 0.6 is 0 Å². The van der Waals surface area contributed by atoms with E-state index in [1.807, 2.05) is 31.2 Å². The Labute approximate surface area is 184 Å². The fraction of sp³-hybridized carbons (Fsp3) is 0.174. The van der Waals surface area contributed by atoms with Gasteiger partial charge in [0, 0.05) is 35.5 Å². The summed E-state index contributed by atoms with van der Waals surface area (Å²) in [6, 6.07) is 12.4. The average Bonchev–Trinajstić information content (AvgIpc) is 2.79. The molecule has 0 atom stereocenters. The Morgan fingerprint density at radius 1 is 1.06 bits per heavy atom. The van der Waals surface area contributed by atoms with E-state index in [2.05, 4.69) is 20.3 Å². The van der Waals surface area contributed by atoms with Crippen LogP contribution in [0.15, 0.2) is 54.9 Å². The number of nitrogens with one attached hydrogen (secondary N) is 1. The van der Waals surface area contributed by atoms with Crippen LogP contribution in [-0.2, 0) is 0 Å². The van der Waals surface area contributed by atoms with Crippen molar-refractivity contribution in [3.63, 3.8) is 0 Å². The van der Waals surface area contributed by atoms with Crippen molar-refractivity contribution in [2.24, 2.45) is 0 Å². The van der Waals surface area contributed by atoms with Gasteiger partial charge in [-0.1, -0.05) is 12.1 Å². The van der Waals surface area contributed by atoms with Gasteiger partial charge in [-0.3, -0.25) is 10.1 Å². The van der Waals surface area contributed by atoms with E-state index < -0.39 is 4.92 Å². The summed E-state index contributed by atoms with van der Waals surface area (Å²) in [6.07, 6.45) is 3.34. The van der Waals surface area contributed by atoms with Crippen LogP contribution < -0.4 is 14.8 Å². The van der Waals surface area contributed by atoms with E-state index in [1.165, 1.54) is 6.07 Å². The zero-order chi connectivity index (χ0) is 22.7. The predicted octanol–water partition coefficient (Wildman–Crippen LogP) is 5.06. The third-order valence-electron chi connectivity index (χ3n) is 4.88. The maximum atomic E-state index is 11.4. The fourth-order valence-corrected chi connectivity index (χ4v) is 3.33. The van der Waals surface area contributed by atoms with Gasteiger partial charge in [-0.2, -0.15) is 4.98 Å². The second-order valence-electron chi connectivity index (χ2n) is 7.01. The summed E-state index contributed by atoms with van der Waals surface area (Å²) in [7, 11) is 1.61. The second-order valence-corrected chi connectivity index (χ2v) is 7.01. The largest absolute Gasteiger partial charge is 0.497 e. The van der Waals surface area contributed by atoms with E-state index in [9.17, 15) is 10.1 Å². The van der Waals surface area contributed by atoms with Gasteiger partial charge in [-0.05, 0) is 43.2 Å². The number of nitro groups is 1. The molecule has 2 aromatic heterocycles. The second kappa shape index (κ2) is 8.84. The molecule has 0 fully saturated rings. The van der Waals surface area contributed by atoms with Crippen LogP contribution in [0.1, 0.15) is 12.5 Å². The standard InChI is InChI=1S/C23H21N5O4/c1-4-32-19-10-15(9-18(11-19)31-3)16-8-17-13-25-23(27-22(17)24-12-16)26-21-14(2)6-5-7-20(21)28(29)30/h5-13H,4H2,1-3H3,(H,24,25,26,27). The quantitative estimate of drug-likeness (QED) is 0.319. The van der Waals surface area contributed by atoms with Crippen molar-refractivity contribution in [1.82, 2.24) is 15.0 Å². The lowest BCUT2D eigenvalue weighted by Gasteiger charge is -2.11. The molecule has 2 heterocycles. The summed E-state index contributed by atoms with van der Waals surface area (Å²) in [5.41, 5.74) is 3.24. The lowest BCUT2D eigenvalue weighted by atomic mass is 10.1. The molecule has 0 radical (unpaired) electrons. The summed E-state index contributed by atoms with van der Waals surface area (Å²) < 4.78 is 11.0. The Kier molecular flexibility index (Phi) is 5.80. The number of ether oxygens (including phenoxy) is 2. The highest BCUT2D eigenvalue weighted by molar-refractivity contribution is 5.82. The number of para-hydroxylation sites is 1. The molecule has 0 aliphatic carbocycles. The molecule has 4 aromatic rings. The summed E-state index contributed by atoms with van der Waals surface area (Å²) in [5.74, 6) is 1.62. The molecule has 0 spiro atoms. The predicted molar refractivity (Wildman–Crippen MR) is 122 cm³/mol. The monoisotopic (exact) mass is 431 g/mol. The van der Waals surface area contributed by atoms with E-state index in [1.54, 1.807) is 38.6 Å². The number of aromatic nitrogens is 3. The third-order valence-corrected chi connectivity index (χ3v) is 4.88. The van der Waals surface area contributed by atoms with Crippen LogP contribution in [-0.4, -0.2) is 33.6 Å². The highest BCUT2D eigenvalue weighted by Gasteiger charge is 2.17. The highest BCUT2D eigenvalue weighted by Crippen LogP contribution is 2.32. The van der Waals surface area contributed by atoms with Crippen LogP contribution in [0.25, 0.3) is 22.2 Å². The van der Waals surface area contributed by atoms with Gasteiger partial charge in [0.1, 0.15) is 17.2 Å². The molecule has 0 unspecified atom stereocenters. The molecule has 4 rings (SSSR count).